The van der Waals surface area contributed by atoms with Crippen LogP contribution in [0.2, 0.25) is 0 Å². The molecule has 3 aromatic rings. The number of benzene rings is 2. The maximum atomic E-state index is 14.1. The van der Waals surface area contributed by atoms with Crippen LogP contribution < -0.4 is 16.7 Å². The molecule has 3 rings (SSSR count). The van der Waals surface area contributed by atoms with Gasteiger partial charge in [0.15, 0.2) is 11.6 Å². The standard InChI is InChI=1S/C17H15F3N4O/c1-2-12(21)16-22-13-8-4-5-9(18)14(13)17(25)24(16)23-15-10(19)6-3-7-11(15)20/h3-8,12,23H,2,21H2,1H3/t12-/m0/s1. The van der Waals surface area contributed by atoms with Crippen LogP contribution >= 0.6 is 0 Å². The van der Waals surface area contributed by atoms with Crippen LogP contribution in [-0.2, 0) is 0 Å². The van der Waals surface area contributed by atoms with Gasteiger partial charge in [-0.2, -0.15) is 0 Å². The highest BCUT2D eigenvalue weighted by atomic mass is 19.1. The van der Waals surface area contributed by atoms with Crippen molar-refractivity contribution in [2.45, 2.75) is 19.4 Å². The molecule has 0 aliphatic heterocycles. The highest BCUT2D eigenvalue weighted by Crippen LogP contribution is 2.21. The van der Waals surface area contributed by atoms with Gasteiger partial charge in [-0.15, -0.1) is 0 Å². The lowest BCUT2D eigenvalue weighted by molar-refractivity contribution is 0.570. The second-order valence-electron chi connectivity index (χ2n) is 5.47. The van der Waals surface area contributed by atoms with E-state index in [1.807, 2.05) is 0 Å². The Morgan fingerprint density at radius 1 is 1.12 bits per heavy atom. The van der Waals surface area contributed by atoms with Crippen molar-refractivity contribution in [1.82, 2.24) is 9.66 Å². The zero-order valence-electron chi connectivity index (χ0n) is 13.3. The number of anilines is 1. The van der Waals surface area contributed by atoms with E-state index in [0.717, 1.165) is 22.9 Å². The summed E-state index contributed by atoms with van der Waals surface area (Å²) >= 11 is 0. The van der Waals surface area contributed by atoms with E-state index in [-0.39, 0.29) is 16.7 Å². The van der Waals surface area contributed by atoms with E-state index in [0.29, 0.717) is 6.42 Å². The molecule has 1 aromatic heterocycles. The van der Waals surface area contributed by atoms with E-state index < -0.39 is 34.7 Å². The van der Waals surface area contributed by atoms with Crippen LogP contribution in [0.15, 0.2) is 41.2 Å². The minimum atomic E-state index is -0.906. The summed E-state index contributed by atoms with van der Waals surface area (Å²) in [4.78, 5) is 17.0. The molecule has 25 heavy (non-hydrogen) atoms. The minimum Gasteiger partial charge on any atom is -0.321 e. The third-order valence-corrected chi connectivity index (χ3v) is 3.83. The largest absolute Gasteiger partial charge is 0.321 e. The van der Waals surface area contributed by atoms with Gasteiger partial charge in [-0.05, 0) is 30.7 Å². The van der Waals surface area contributed by atoms with E-state index in [9.17, 15) is 18.0 Å². The van der Waals surface area contributed by atoms with Crippen molar-refractivity contribution in [3.63, 3.8) is 0 Å². The summed E-state index contributed by atoms with van der Waals surface area (Å²) in [5, 5.41) is -0.293. The SMILES string of the molecule is CC[C@H](N)c1nc2cccc(F)c2c(=O)n1Nc1c(F)cccc1F. The zero-order valence-corrected chi connectivity index (χ0v) is 13.3. The van der Waals surface area contributed by atoms with E-state index in [1.54, 1.807) is 6.92 Å². The summed E-state index contributed by atoms with van der Waals surface area (Å²) < 4.78 is 42.7. The number of rotatable bonds is 4. The highest BCUT2D eigenvalue weighted by molar-refractivity contribution is 5.78. The lowest BCUT2D eigenvalue weighted by atomic mass is 10.2. The van der Waals surface area contributed by atoms with Gasteiger partial charge in [-0.1, -0.05) is 19.1 Å². The second-order valence-corrected chi connectivity index (χ2v) is 5.47. The molecule has 0 aliphatic rings. The number of halogens is 3. The third kappa shape index (κ3) is 2.96. The van der Waals surface area contributed by atoms with Crippen molar-refractivity contribution in [1.29, 1.82) is 0 Å². The maximum Gasteiger partial charge on any atom is 0.283 e. The molecular formula is C17H15F3N4O. The molecule has 0 fully saturated rings. The van der Waals surface area contributed by atoms with Crippen LogP contribution in [0.4, 0.5) is 18.9 Å². The monoisotopic (exact) mass is 348 g/mol. The fourth-order valence-corrected chi connectivity index (χ4v) is 2.46. The van der Waals surface area contributed by atoms with Gasteiger partial charge in [0.1, 0.15) is 22.7 Å². The summed E-state index contributed by atoms with van der Waals surface area (Å²) in [5.41, 5.74) is 7.08. The number of nitrogens with two attached hydrogens (primary N) is 1. The van der Waals surface area contributed by atoms with Crippen LogP contribution in [0.1, 0.15) is 25.2 Å². The molecule has 1 heterocycles. The van der Waals surface area contributed by atoms with Gasteiger partial charge in [0, 0.05) is 0 Å². The summed E-state index contributed by atoms with van der Waals surface area (Å²) in [7, 11) is 0. The molecular weight excluding hydrogens is 333 g/mol. The van der Waals surface area contributed by atoms with Crippen LogP contribution in [0.25, 0.3) is 10.9 Å². The summed E-state index contributed by atoms with van der Waals surface area (Å²) in [6.45, 7) is 1.76. The molecule has 0 saturated heterocycles. The average Bonchev–Trinajstić information content (AvgIpc) is 2.59. The number of hydrogen-bond acceptors (Lipinski definition) is 4. The molecule has 0 unspecified atom stereocenters. The van der Waals surface area contributed by atoms with Gasteiger partial charge in [0.05, 0.1) is 11.6 Å². The van der Waals surface area contributed by atoms with Crippen molar-refractivity contribution >= 4 is 16.6 Å². The summed E-state index contributed by atoms with van der Waals surface area (Å²) in [6, 6.07) is 6.56. The third-order valence-electron chi connectivity index (χ3n) is 3.83. The van der Waals surface area contributed by atoms with Gasteiger partial charge < -0.3 is 5.73 Å². The van der Waals surface area contributed by atoms with Gasteiger partial charge in [0.2, 0.25) is 0 Å². The molecule has 8 heteroatoms. The lowest BCUT2D eigenvalue weighted by Crippen LogP contribution is -2.34. The van der Waals surface area contributed by atoms with Gasteiger partial charge >= 0.3 is 0 Å². The number of aromatic nitrogens is 2. The Balaban J connectivity index is 2.30. The lowest BCUT2D eigenvalue weighted by Gasteiger charge is -2.19. The van der Waals surface area contributed by atoms with Crippen molar-refractivity contribution in [2.75, 3.05) is 5.43 Å². The Hall–Kier alpha value is -2.87. The van der Waals surface area contributed by atoms with Gasteiger partial charge in [-0.25, -0.2) is 22.8 Å². The zero-order chi connectivity index (χ0) is 18.1. The molecule has 0 amide bonds. The first kappa shape index (κ1) is 17.0. The molecule has 3 N–H and O–H groups in total. The maximum absolute atomic E-state index is 14.1. The topological polar surface area (TPSA) is 72.9 Å². The predicted molar refractivity (Wildman–Crippen MR) is 88.6 cm³/mol. The number of para-hydroxylation sites is 1. The predicted octanol–water partition coefficient (Wildman–Crippen LogP) is 3.10. The fraction of sp³-hybridized carbons (Fsp3) is 0.176. The molecule has 0 bridgehead atoms. The molecule has 130 valence electrons. The fourth-order valence-electron chi connectivity index (χ4n) is 2.46. The van der Waals surface area contributed by atoms with Crippen LogP contribution in [0.3, 0.4) is 0 Å². The Bertz CT molecular complexity index is 983. The second kappa shape index (κ2) is 6.56. The quantitative estimate of drug-likeness (QED) is 0.760. The summed E-state index contributed by atoms with van der Waals surface area (Å²) in [6.07, 6.45) is 0.411. The normalized spacial score (nSPS) is 12.4. The molecule has 0 saturated carbocycles. The Kier molecular flexibility index (Phi) is 4.45. The molecule has 0 aliphatic carbocycles. The van der Waals surface area contributed by atoms with E-state index in [4.69, 9.17) is 5.73 Å². The molecule has 1 atom stereocenters. The smallest absolute Gasteiger partial charge is 0.283 e. The van der Waals surface area contributed by atoms with Crippen molar-refractivity contribution in [2.24, 2.45) is 5.73 Å². The van der Waals surface area contributed by atoms with Crippen LogP contribution in [0.5, 0.6) is 0 Å². The first-order chi connectivity index (χ1) is 11.9. The van der Waals surface area contributed by atoms with E-state index >= 15 is 0 Å². The van der Waals surface area contributed by atoms with Gasteiger partial charge in [0.25, 0.3) is 5.56 Å². The Labute approximate surface area is 140 Å². The summed E-state index contributed by atoms with van der Waals surface area (Å²) in [5.74, 6) is -2.54. The van der Waals surface area contributed by atoms with Crippen LogP contribution in [-0.4, -0.2) is 9.66 Å². The number of fused-ring (bicyclic) bond motifs is 1. The number of hydrogen-bond donors (Lipinski definition) is 2. The first-order valence-corrected chi connectivity index (χ1v) is 7.61. The Morgan fingerprint density at radius 2 is 1.72 bits per heavy atom. The van der Waals surface area contributed by atoms with Crippen LogP contribution in [0, 0.1) is 17.5 Å². The highest BCUT2D eigenvalue weighted by Gasteiger charge is 2.20. The van der Waals surface area contributed by atoms with E-state index in [1.165, 1.54) is 18.2 Å². The van der Waals surface area contributed by atoms with Crippen molar-refractivity contribution < 1.29 is 13.2 Å². The van der Waals surface area contributed by atoms with E-state index in [2.05, 4.69) is 10.4 Å². The molecule has 5 nitrogen and oxygen atoms in total. The van der Waals surface area contributed by atoms with Crippen molar-refractivity contribution in [3.05, 3.63) is 70.0 Å². The molecule has 0 spiro atoms. The minimum absolute atomic E-state index is 0.0493. The molecule has 0 radical (unpaired) electrons. The number of nitrogens with zero attached hydrogens (tertiary/aromatic N) is 2. The number of nitrogens with one attached hydrogen (secondary N) is 1. The Morgan fingerprint density at radius 3 is 2.36 bits per heavy atom. The average molecular weight is 348 g/mol. The molecule has 2 aromatic carbocycles. The van der Waals surface area contributed by atoms with Gasteiger partial charge in [-0.3, -0.25) is 10.2 Å². The van der Waals surface area contributed by atoms with Crippen molar-refractivity contribution in [3.8, 4) is 0 Å². The first-order valence-electron chi connectivity index (χ1n) is 7.61.